The second kappa shape index (κ2) is 7.70. The number of hydrogen-bond acceptors (Lipinski definition) is 4. The molecule has 4 rings (SSSR count). The molecule has 1 aliphatic carbocycles. The zero-order chi connectivity index (χ0) is 23.3. The van der Waals surface area contributed by atoms with Crippen LogP contribution in [0.25, 0.3) is 0 Å². The Balaban J connectivity index is 1.74. The molecule has 2 aliphatic rings. The van der Waals surface area contributed by atoms with Gasteiger partial charge in [0.2, 0.25) is 0 Å². The number of carbonyl (C=O) groups excluding carboxylic acids is 1. The van der Waals surface area contributed by atoms with Gasteiger partial charge >= 0.3 is 6.18 Å². The molecule has 11 heteroatoms. The number of thiocarbonyl (C=S) groups is 1. The molecule has 0 atom stereocenters. The lowest BCUT2D eigenvalue weighted by Gasteiger charge is -2.45. The highest BCUT2D eigenvalue weighted by atomic mass is 32.1. The van der Waals surface area contributed by atoms with E-state index in [1.807, 2.05) is 0 Å². The van der Waals surface area contributed by atoms with Gasteiger partial charge in [-0.1, -0.05) is 0 Å². The van der Waals surface area contributed by atoms with Gasteiger partial charge in [-0.25, -0.2) is 9.37 Å². The molecule has 1 spiro atoms. The number of benzene rings is 1. The number of pyridine rings is 1. The average molecular weight is 463 g/mol. The molecule has 1 aromatic carbocycles. The Morgan fingerprint density at radius 3 is 2.53 bits per heavy atom. The minimum atomic E-state index is -4.75. The topological polar surface area (TPSA) is 72.3 Å². The molecular formula is C21H17F4N5OS. The van der Waals surface area contributed by atoms with E-state index in [1.54, 1.807) is 11.0 Å². The summed E-state index contributed by atoms with van der Waals surface area (Å²) < 4.78 is 54.9. The van der Waals surface area contributed by atoms with Crippen LogP contribution in [-0.2, 0) is 6.18 Å². The van der Waals surface area contributed by atoms with Gasteiger partial charge in [0, 0.05) is 19.3 Å². The van der Waals surface area contributed by atoms with E-state index in [4.69, 9.17) is 17.5 Å². The molecule has 1 amide bonds. The quantitative estimate of drug-likeness (QED) is 0.548. The van der Waals surface area contributed by atoms with E-state index in [1.165, 1.54) is 36.3 Å². The summed E-state index contributed by atoms with van der Waals surface area (Å²) in [5.41, 5.74) is -1.94. The predicted octanol–water partition coefficient (Wildman–Crippen LogP) is 4.00. The fraction of sp³-hybridized carbons (Fsp3) is 0.333. The fourth-order valence-electron chi connectivity index (χ4n) is 4.18. The molecular weight excluding hydrogens is 446 g/mol. The average Bonchev–Trinajstić information content (AvgIpc) is 3.05. The summed E-state index contributed by atoms with van der Waals surface area (Å²) in [6.07, 6.45) is -1.23. The van der Waals surface area contributed by atoms with Gasteiger partial charge < -0.3 is 15.1 Å². The number of nitrogens with one attached hydrogen (secondary N) is 1. The van der Waals surface area contributed by atoms with Crippen molar-refractivity contribution in [1.29, 1.82) is 5.26 Å². The third-order valence-corrected chi connectivity index (χ3v) is 6.31. The number of alkyl halides is 3. The first-order chi connectivity index (χ1) is 15.1. The van der Waals surface area contributed by atoms with E-state index >= 15 is 0 Å². The zero-order valence-corrected chi connectivity index (χ0v) is 17.6. The molecule has 0 unspecified atom stereocenters. The van der Waals surface area contributed by atoms with Gasteiger partial charge in [0.1, 0.15) is 11.9 Å². The van der Waals surface area contributed by atoms with Crippen LogP contribution in [0.4, 0.5) is 28.9 Å². The van der Waals surface area contributed by atoms with Crippen molar-refractivity contribution < 1.29 is 22.4 Å². The number of rotatable bonds is 3. The molecule has 1 aliphatic heterocycles. The summed E-state index contributed by atoms with van der Waals surface area (Å²) in [5.74, 6) is -1.29. The number of halogens is 4. The van der Waals surface area contributed by atoms with Crippen LogP contribution in [0.1, 0.15) is 40.9 Å². The molecule has 32 heavy (non-hydrogen) atoms. The number of carbonyl (C=O) groups is 1. The first-order valence-corrected chi connectivity index (χ1v) is 10.1. The van der Waals surface area contributed by atoms with E-state index < -0.39 is 34.7 Å². The van der Waals surface area contributed by atoms with Crippen molar-refractivity contribution in [3.05, 3.63) is 53.1 Å². The maximum atomic E-state index is 14.6. The van der Waals surface area contributed by atoms with Crippen LogP contribution in [0.3, 0.4) is 0 Å². The number of nitriles is 1. The normalized spacial score (nSPS) is 17.3. The molecule has 1 aromatic heterocycles. The zero-order valence-electron chi connectivity index (χ0n) is 16.8. The highest BCUT2D eigenvalue weighted by Gasteiger charge is 2.52. The van der Waals surface area contributed by atoms with E-state index in [9.17, 15) is 22.4 Å². The summed E-state index contributed by atoms with van der Waals surface area (Å²) in [6.45, 7) is 0.301. The standard InChI is InChI=1S/C21H17F4N5OS/c1-27-18(31)14-4-3-12(8-16(14)22)30-19(32)29(11-20(30)5-2-6-20)13-7-15(21(23,24)25)17(9-26)28-10-13/h3-4,7-8,10H,2,5-6,11H2,1H3,(H,27,31). The predicted molar refractivity (Wildman–Crippen MR) is 113 cm³/mol. The molecule has 1 N–H and O–H groups in total. The Kier molecular flexibility index (Phi) is 5.29. The summed E-state index contributed by atoms with van der Waals surface area (Å²) in [4.78, 5) is 18.8. The molecule has 2 heterocycles. The number of hydrogen-bond donors (Lipinski definition) is 1. The van der Waals surface area contributed by atoms with Crippen molar-refractivity contribution in [2.24, 2.45) is 0 Å². The maximum Gasteiger partial charge on any atom is 0.419 e. The third-order valence-electron chi connectivity index (χ3n) is 5.91. The van der Waals surface area contributed by atoms with Gasteiger partial charge in [0.15, 0.2) is 10.8 Å². The Hall–Kier alpha value is -3.26. The summed E-state index contributed by atoms with van der Waals surface area (Å²) in [7, 11) is 1.40. The van der Waals surface area contributed by atoms with Crippen molar-refractivity contribution in [3.8, 4) is 6.07 Å². The number of nitrogens with zero attached hydrogens (tertiary/aromatic N) is 4. The summed E-state index contributed by atoms with van der Waals surface area (Å²) in [6, 6.07) is 6.46. The highest BCUT2D eigenvalue weighted by Crippen LogP contribution is 2.47. The van der Waals surface area contributed by atoms with Crippen LogP contribution in [-0.4, -0.2) is 35.1 Å². The van der Waals surface area contributed by atoms with Gasteiger partial charge in [0.05, 0.1) is 28.6 Å². The molecule has 6 nitrogen and oxygen atoms in total. The van der Waals surface area contributed by atoms with Crippen LogP contribution in [0.5, 0.6) is 0 Å². The lowest BCUT2D eigenvalue weighted by molar-refractivity contribution is -0.138. The highest BCUT2D eigenvalue weighted by molar-refractivity contribution is 7.80. The van der Waals surface area contributed by atoms with E-state index in [0.717, 1.165) is 25.3 Å². The first kappa shape index (κ1) is 22.0. The van der Waals surface area contributed by atoms with Crippen LogP contribution >= 0.6 is 12.2 Å². The number of aromatic nitrogens is 1. The van der Waals surface area contributed by atoms with Crippen LogP contribution in [0, 0.1) is 17.1 Å². The number of anilines is 2. The molecule has 2 fully saturated rings. The lowest BCUT2D eigenvalue weighted by Crippen LogP contribution is -2.52. The van der Waals surface area contributed by atoms with Gasteiger partial charge in [-0.15, -0.1) is 0 Å². The molecule has 0 radical (unpaired) electrons. The van der Waals surface area contributed by atoms with Crippen molar-refractivity contribution in [2.75, 3.05) is 23.4 Å². The molecule has 1 saturated heterocycles. The van der Waals surface area contributed by atoms with Crippen molar-refractivity contribution in [2.45, 2.75) is 31.0 Å². The number of amides is 1. The summed E-state index contributed by atoms with van der Waals surface area (Å²) >= 11 is 5.60. The third kappa shape index (κ3) is 3.44. The minimum Gasteiger partial charge on any atom is -0.355 e. The largest absolute Gasteiger partial charge is 0.419 e. The van der Waals surface area contributed by atoms with Gasteiger partial charge in [-0.2, -0.15) is 18.4 Å². The van der Waals surface area contributed by atoms with Crippen LogP contribution in [0.2, 0.25) is 0 Å². The first-order valence-electron chi connectivity index (χ1n) is 9.72. The van der Waals surface area contributed by atoms with E-state index in [-0.39, 0.29) is 16.4 Å². The Bertz CT molecular complexity index is 1160. The Morgan fingerprint density at radius 1 is 1.28 bits per heavy atom. The van der Waals surface area contributed by atoms with Gasteiger partial charge in [-0.05, 0) is 55.7 Å². The van der Waals surface area contributed by atoms with Crippen molar-refractivity contribution in [1.82, 2.24) is 10.3 Å². The smallest absolute Gasteiger partial charge is 0.355 e. The van der Waals surface area contributed by atoms with Crippen molar-refractivity contribution in [3.63, 3.8) is 0 Å². The van der Waals surface area contributed by atoms with E-state index in [0.29, 0.717) is 12.2 Å². The SMILES string of the molecule is CNC(=O)c1ccc(N2C(=S)N(c3cnc(C#N)c(C(F)(F)F)c3)CC23CCC3)cc1F. The molecule has 166 valence electrons. The Morgan fingerprint density at radius 2 is 2.00 bits per heavy atom. The molecule has 1 saturated carbocycles. The Labute approximate surface area is 186 Å². The second-order valence-corrected chi connectivity index (χ2v) is 8.09. The van der Waals surface area contributed by atoms with Gasteiger partial charge in [0.25, 0.3) is 5.91 Å². The minimum absolute atomic E-state index is 0.109. The monoisotopic (exact) mass is 463 g/mol. The molecule has 2 aromatic rings. The van der Waals surface area contributed by atoms with Crippen LogP contribution < -0.4 is 15.1 Å². The lowest BCUT2D eigenvalue weighted by atomic mass is 9.76. The van der Waals surface area contributed by atoms with E-state index in [2.05, 4.69) is 10.3 Å². The molecule has 0 bridgehead atoms. The second-order valence-electron chi connectivity index (χ2n) is 7.72. The fourth-order valence-corrected chi connectivity index (χ4v) is 4.65. The maximum absolute atomic E-state index is 14.6. The van der Waals surface area contributed by atoms with Crippen molar-refractivity contribution >= 4 is 34.6 Å². The van der Waals surface area contributed by atoms with Crippen LogP contribution in [0.15, 0.2) is 30.5 Å². The van der Waals surface area contributed by atoms with Gasteiger partial charge in [-0.3, -0.25) is 4.79 Å². The summed E-state index contributed by atoms with van der Waals surface area (Å²) in [5, 5.41) is 11.6.